The molecule has 0 N–H and O–H groups in total. The minimum Gasteiger partial charge on any atom is -0.335 e. The number of aromatic nitrogens is 2. The van der Waals surface area contributed by atoms with Crippen molar-refractivity contribution in [2.75, 3.05) is 11.5 Å². The zero-order chi connectivity index (χ0) is 15.4. The normalized spacial score (nSPS) is 14.2. The van der Waals surface area contributed by atoms with Gasteiger partial charge in [-0.3, -0.25) is 4.79 Å². The van der Waals surface area contributed by atoms with Gasteiger partial charge in [0.1, 0.15) is 0 Å². The molecule has 0 saturated heterocycles. The van der Waals surface area contributed by atoms with Crippen molar-refractivity contribution in [3.05, 3.63) is 22.4 Å². The van der Waals surface area contributed by atoms with Gasteiger partial charge in [0, 0.05) is 12.6 Å². The lowest BCUT2D eigenvalue weighted by atomic mass is 10.3. The van der Waals surface area contributed by atoms with Gasteiger partial charge in [0.2, 0.25) is 5.91 Å². The number of thiophene rings is 1. The van der Waals surface area contributed by atoms with Crippen molar-refractivity contribution in [3.63, 3.8) is 0 Å². The average molecular weight is 372 g/mol. The van der Waals surface area contributed by atoms with Gasteiger partial charge in [0.25, 0.3) is 0 Å². The zero-order valence-electron chi connectivity index (χ0n) is 12.2. The van der Waals surface area contributed by atoms with Gasteiger partial charge in [-0.2, -0.15) is 11.3 Å². The van der Waals surface area contributed by atoms with Gasteiger partial charge in [0.15, 0.2) is 8.68 Å². The molecule has 2 aromatic rings. The first-order chi connectivity index (χ1) is 10.8. The molecule has 4 nitrogen and oxygen atoms in total. The molecule has 1 aliphatic carbocycles. The highest BCUT2D eigenvalue weighted by Gasteiger charge is 2.32. The molecule has 8 heteroatoms. The third kappa shape index (κ3) is 4.47. The minimum atomic E-state index is 0.207. The molecule has 2 heterocycles. The van der Waals surface area contributed by atoms with Crippen LogP contribution in [0, 0.1) is 0 Å². The second kappa shape index (κ2) is 7.81. The maximum atomic E-state index is 12.5. The van der Waals surface area contributed by atoms with E-state index in [0.717, 1.165) is 33.8 Å². The Balaban J connectivity index is 1.54. The molecule has 0 atom stereocenters. The second-order valence-corrected chi connectivity index (χ2v) is 9.43. The molecule has 0 bridgehead atoms. The van der Waals surface area contributed by atoms with E-state index >= 15 is 0 Å². The van der Waals surface area contributed by atoms with Crippen LogP contribution < -0.4 is 0 Å². The Morgan fingerprint density at radius 2 is 2.14 bits per heavy atom. The molecule has 0 spiro atoms. The van der Waals surface area contributed by atoms with Gasteiger partial charge < -0.3 is 4.90 Å². The minimum absolute atomic E-state index is 0.207. The number of thioether (sulfide) groups is 2. The van der Waals surface area contributed by atoms with Crippen LogP contribution in [0.1, 0.15) is 25.3 Å². The standard InChI is InChI=1S/C14H17N3OS4/c1-2-20-13-15-16-14(22-13)21-9-12(18)17(11-3-4-11)7-10-5-6-19-8-10/h5-6,8,11H,2-4,7,9H2,1H3. The van der Waals surface area contributed by atoms with Crippen LogP contribution in [-0.2, 0) is 11.3 Å². The highest BCUT2D eigenvalue weighted by atomic mass is 32.2. The first kappa shape index (κ1) is 16.3. The zero-order valence-corrected chi connectivity index (χ0v) is 15.5. The number of nitrogens with zero attached hydrogens (tertiary/aromatic N) is 3. The van der Waals surface area contributed by atoms with E-state index in [9.17, 15) is 4.79 Å². The Hall–Kier alpha value is -0.570. The number of hydrogen-bond donors (Lipinski definition) is 0. The molecule has 0 aromatic carbocycles. The first-order valence-corrected chi connectivity index (χ1v) is 10.9. The van der Waals surface area contributed by atoms with Gasteiger partial charge in [-0.15, -0.1) is 10.2 Å². The van der Waals surface area contributed by atoms with E-state index in [1.807, 2.05) is 4.90 Å². The van der Waals surface area contributed by atoms with Gasteiger partial charge >= 0.3 is 0 Å². The molecular weight excluding hydrogens is 354 g/mol. The summed E-state index contributed by atoms with van der Waals surface area (Å²) >= 11 is 6.45. The Bertz CT molecular complexity index is 609. The third-order valence-electron chi connectivity index (χ3n) is 3.22. The van der Waals surface area contributed by atoms with Crippen LogP contribution in [-0.4, -0.2) is 38.6 Å². The summed E-state index contributed by atoms with van der Waals surface area (Å²) in [6.07, 6.45) is 2.27. The number of carbonyl (C=O) groups excluding carboxylic acids is 1. The number of amides is 1. The van der Waals surface area contributed by atoms with E-state index in [2.05, 4.69) is 33.9 Å². The Morgan fingerprint density at radius 1 is 1.36 bits per heavy atom. The summed E-state index contributed by atoms with van der Waals surface area (Å²) in [6, 6.07) is 2.54. The summed E-state index contributed by atoms with van der Waals surface area (Å²) < 4.78 is 1.87. The average Bonchev–Trinajstić information content (AvgIpc) is 3.04. The van der Waals surface area contributed by atoms with Crippen molar-refractivity contribution in [1.82, 2.24) is 15.1 Å². The van der Waals surface area contributed by atoms with E-state index in [0.29, 0.717) is 11.8 Å². The van der Waals surface area contributed by atoms with Crippen LogP contribution in [0.3, 0.4) is 0 Å². The predicted octanol–water partition coefficient (Wildman–Crippen LogP) is 3.99. The third-order valence-corrected chi connectivity index (χ3v) is 7.00. The van der Waals surface area contributed by atoms with Crippen LogP contribution in [0.4, 0.5) is 0 Å². The quantitative estimate of drug-likeness (QED) is 0.657. The fraction of sp³-hybridized carbons (Fsp3) is 0.500. The number of rotatable bonds is 8. The van der Waals surface area contributed by atoms with Gasteiger partial charge in [-0.1, -0.05) is 41.8 Å². The van der Waals surface area contributed by atoms with E-state index in [4.69, 9.17) is 0 Å². The second-order valence-electron chi connectivity index (χ2n) is 4.94. The molecule has 118 valence electrons. The van der Waals surface area contributed by atoms with Crippen LogP contribution in [0.25, 0.3) is 0 Å². The topological polar surface area (TPSA) is 46.1 Å². The van der Waals surface area contributed by atoms with Gasteiger partial charge in [-0.25, -0.2) is 0 Å². The lowest BCUT2D eigenvalue weighted by Crippen LogP contribution is -2.33. The van der Waals surface area contributed by atoms with Crippen molar-refractivity contribution < 1.29 is 4.79 Å². The van der Waals surface area contributed by atoms with E-state index in [1.165, 1.54) is 17.3 Å². The molecule has 22 heavy (non-hydrogen) atoms. The van der Waals surface area contributed by atoms with Crippen molar-refractivity contribution in [2.45, 2.75) is 41.0 Å². The molecular formula is C14H17N3OS4. The van der Waals surface area contributed by atoms with Crippen molar-refractivity contribution in [2.24, 2.45) is 0 Å². The summed E-state index contributed by atoms with van der Waals surface area (Å²) in [5.74, 6) is 1.65. The smallest absolute Gasteiger partial charge is 0.233 e. The Morgan fingerprint density at radius 3 is 2.77 bits per heavy atom. The van der Waals surface area contributed by atoms with Crippen molar-refractivity contribution in [3.8, 4) is 0 Å². The molecule has 1 fully saturated rings. The summed E-state index contributed by atoms with van der Waals surface area (Å²) in [5.41, 5.74) is 1.23. The molecule has 0 unspecified atom stereocenters. The largest absolute Gasteiger partial charge is 0.335 e. The Kier molecular flexibility index (Phi) is 5.78. The highest BCUT2D eigenvalue weighted by Crippen LogP contribution is 2.32. The van der Waals surface area contributed by atoms with Crippen molar-refractivity contribution >= 4 is 52.1 Å². The highest BCUT2D eigenvalue weighted by molar-refractivity contribution is 8.03. The lowest BCUT2D eigenvalue weighted by Gasteiger charge is -2.21. The SMILES string of the molecule is CCSc1nnc(SCC(=O)N(Cc2ccsc2)C2CC2)s1. The van der Waals surface area contributed by atoms with Crippen LogP contribution in [0.5, 0.6) is 0 Å². The molecule has 0 aliphatic heterocycles. The lowest BCUT2D eigenvalue weighted by molar-refractivity contribution is -0.129. The van der Waals surface area contributed by atoms with Crippen LogP contribution in [0.2, 0.25) is 0 Å². The van der Waals surface area contributed by atoms with Gasteiger partial charge in [0.05, 0.1) is 5.75 Å². The van der Waals surface area contributed by atoms with Gasteiger partial charge in [-0.05, 0) is 41.0 Å². The molecule has 3 rings (SSSR count). The fourth-order valence-electron chi connectivity index (χ4n) is 2.03. The first-order valence-electron chi connectivity index (χ1n) is 7.16. The summed E-state index contributed by atoms with van der Waals surface area (Å²) in [5, 5.41) is 12.5. The van der Waals surface area contributed by atoms with E-state index in [1.54, 1.807) is 34.4 Å². The number of carbonyl (C=O) groups is 1. The molecule has 1 aliphatic rings. The maximum absolute atomic E-state index is 12.5. The summed E-state index contributed by atoms with van der Waals surface area (Å²) in [6.45, 7) is 2.83. The predicted molar refractivity (Wildman–Crippen MR) is 94.9 cm³/mol. The number of hydrogen-bond acceptors (Lipinski definition) is 7. The summed E-state index contributed by atoms with van der Waals surface area (Å²) in [7, 11) is 0. The van der Waals surface area contributed by atoms with E-state index < -0.39 is 0 Å². The van der Waals surface area contributed by atoms with Crippen LogP contribution >= 0.6 is 46.2 Å². The Labute approximate surface area is 146 Å². The molecule has 1 amide bonds. The summed E-state index contributed by atoms with van der Waals surface area (Å²) in [4.78, 5) is 14.5. The van der Waals surface area contributed by atoms with E-state index in [-0.39, 0.29) is 5.91 Å². The fourth-order valence-corrected chi connectivity index (χ4v) is 5.49. The molecule has 2 aromatic heterocycles. The maximum Gasteiger partial charge on any atom is 0.233 e. The van der Waals surface area contributed by atoms with Crippen molar-refractivity contribution in [1.29, 1.82) is 0 Å². The molecule has 1 saturated carbocycles. The monoisotopic (exact) mass is 371 g/mol. The molecule has 0 radical (unpaired) electrons. The van der Waals surface area contributed by atoms with Crippen LogP contribution in [0.15, 0.2) is 25.5 Å².